The van der Waals surface area contributed by atoms with E-state index in [1.807, 2.05) is 0 Å². The fraction of sp³-hybridized carbons (Fsp3) is 0.684. The van der Waals surface area contributed by atoms with Crippen LogP contribution in [0.25, 0.3) is 0 Å². The predicted molar refractivity (Wildman–Crippen MR) is 93.2 cm³/mol. The van der Waals surface area contributed by atoms with Crippen molar-refractivity contribution in [2.24, 2.45) is 0 Å². The maximum absolute atomic E-state index is 3.57. The number of benzene rings is 1. The number of piperazine rings is 1. The minimum absolute atomic E-state index is 0.547. The highest BCUT2D eigenvalue weighted by molar-refractivity contribution is 5.25. The summed E-state index contributed by atoms with van der Waals surface area (Å²) in [5.74, 6) is 0. The van der Waals surface area contributed by atoms with Crippen LogP contribution in [0.1, 0.15) is 43.4 Å². The molecule has 0 saturated carbocycles. The Hall–Kier alpha value is -0.900. The lowest BCUT2D eigenvalue weighted by Crippen LogP contribution is -2.53. The summed E-state index contributed by atoms with van der Waals surface area (Å²) in [4.78, 5) is 5.43. The van der Waals surface area contributed by atoms with Crippen molar-refractivity contribution in [1.29, 1.82) is 0 Å². The molecule has 0 spiro atoms. The summed E-state index contributed by atoms with van der Waals surface area (Å²) in [6.45, 7) is 11.7. The number of nitrogens with zero attached hydrogens (tertiary/aromatic N) is 2. The number of aryl methyl sites for hydroxylation is 1. The summed E-state index contributed by atoms with van der Waals surface area (Å²) in [5.41, 5.74) is 2.86. The molecule has 2 saturated heterocycles. The van der Waals surface area contributed by atoms with Gasteiger partial charge in [-0.05, 0) is 44.8 Å². The van der Waals surface area contributed by atoms with Crippen molar-refractivity contribution in [3.05, 3.63) is 35.4 Å². The largest absolute Gasteiger partial charge is 0.314 e. The van der Waals surface area contributed by atoms with Crippen molar-refractivity contribution in [3.63, 3.8) is 0 Å². The summed E-state index contributed by atoms with van der Waals surface area (Å²) in [6.07, 6.45) is 3.98. The van der Waals surface area contributed by atoms with Crippen molar-refractivity contribution >= 4 is 0 Å². The molecule has 122 valence electrons. The Kier molecular flexibility index (Phi) is 5.51. The van der Waals surface area contributed by atoms with E-state index in [0.29, 0.717) is 12.1 Å². The number of rotatable bonds is 5. The Morgan fingerprint density at radius 3 is 2.55 bits per heavy atom. The van der Waals surface area contributed by atoms with Crippen LogP contribution in [0.2, 0.25) is 0 Å². The Bertz CT molecular complexity index is 450. The minimum Gasteiger partial charge on any atom is -0.314 e. The lowest BCUT2D eigenvalue weighted by Gasteiger charge is -2.43. The van der Waals surface area contributed by atoms with Gasteiger partial charge in [0.1, 0.15) is 0 Å². The van der Waals surface area contributed by atoms with Gasteiger partial charge in [-0.2, -0.15) is 0 Å². The normalized spacial score (nSPS) is 25.5. The summed E-state index contributed by atoms with van der Waals surface area (Å²) in [7, 11) is 0. The van der Waals surface area contributed by atoms with Crippen LogP contribution in [-0.4, -0.2) is 55.1 Å². The molecular formula is C19H31N3. The van der Waals surface area contributed by atoms with E-state index in [9.17, 15) is 0 Å². The van der Waals surface area contributed by atoms with Gasteiger partial charge in [0.05, 0.1) is 0 Å². The molecule has 0 bridgehead atoms. The first kappa shape index (κ1) is 16.0. The Morgan fingerprint density at radius 1 is 1.14 bits per heavy atom. The van der Waals surface area contributed by atoms with E-state index in [4.69, 9.17) is 0 Å². The van der Waals surface area contributed by atoms with Crippen LogP contribution >= 0.6 is 0 Å². The van der Waals surface area contributed by atoms with Gasteiger partial charge in [-0.15, -0.1) is 0 Å². The topological polar surface area (TPSA) is 18.5 Å². The van der Waals surface area contributed by atoms with Crippen LogP contribution in [0, 0.1) is 6.92 Å². The van der Waals surface area contributed by atoms with Gasteiger partial charge in [-0.25, -0.2) is 0 Å². The summed E-state index contributed by atoms with van der Waals surface area (Å²) in [5, 5.41) is 3.57. The van der Waals surface area contributed by atoms with E-state index >= 15 is 0 Å². The van der Waals surface area contributed by atoms with Crippen LogP contribution in [-0.2, 0) is 0 Å². The molecule has 2 heterocycles. The monoisotopic (exact) mass is 301 g/mol. The molecule has 2 fully saturated rings. The fourth-order valence-electron chi connectivity index (χ4n) is 3.97. The molecular weight excluding hydrogens is 270 g/mol. The molecule has 2 aliphatic rings. The van der Waals surface area contributed by atoms with Gasteiger partial charge >= 0.3 is 0 Å². The van der Waals surface area contributed by atoms with Gasteiger partial charge in [0, 0.05) is 38.3 Å². The highest BCUT2D eigenvalue weighted by Gasteiger charge is 2.30. The first-order valence-electron chi connectivity index (χ1n) is 9.03. The van der Waals surface area contributed by atoms with Crippen molar-refractivity contribution in [2.45, 2.75) is 45.2 Å². The highest BCUT2D eigenvalue weighted by Crippen LogP contribution is 2.27. The quantitative estimate of drug-likeness (QED) is 0.902. The molecule has 1 N–H and O–H groups in total. The lowest BCUT2D eigenvalue weighted by atomic mass is 9.99. The van der Waals surface area contributed by atoms with E-state index in [2.05, 4.69) is 53.2 Å². The van der Waals surface area contributed by atoms with Crippen LogP contribution in [0.3, 0.4) is 0 Å². The first-order valence-corrected chi connectivity index (χ1v) is 9.03. The van der Waals surface area contributed by atoms with E-state index in [0.717, 1.165) is 13.1 Å². The maximum Gasteiger partial charge on any atom is 0.0479 e. The van der Waals surface area contributed by atoms with E-state index < -0.39 is 0 Å². The molecule has 2 atom stereocenters. The van der Waals surface area contributed by atoms with Gasteiger partial charge in [0.25, 0.3) is 0 Å². The van der Waals surface area contributed by atoms with Crippen LogP contribution < -0.4 is 5.32 Å². The van der Waals surface area contributed by atoms with Crippen LogP contribution in [0.4, 0.5) is 0 Å². The first-order chi connectivity index (χ1) is 10.8. The highest BCUT2D eigenvalue weighted by atomic mass is 15.3. The smallest absolute Gasteiger partial charge is 0.0479 e. The molecule has 3 heteroatoms. The maximum atomic E-state index is 3.57. The SMILES string of the molecule is CCC1CNCCN1C(CN1CCCC1)c1ccc(C)cc1. The Balaban J connectivity index is 1.81. The second-order valence-electron chi connectivity index (χ2n) is 6.94. The number of hydrogen-bond donors (Lipinski definition) is 1. The number of nitrogens with one attached hydrogen (secondary N) is 1. The zero-order valence-electron chi connectivity index (χ0n) is 14.2. The molecule has 0 aliphatic carbocycles. The minimum atomic E-state index is 0.547. The van der Waals surface area contributed by atoms with Crippen molar-refractivity contribution in [2.75, 3.05) is 39.3 Å². The molecule has 1 aromatic rings. The lowest BCUT2D eigenvalue weighted by molar-refractivity contribution is 0.0799. The second-order valence-corrected chi connectivity index (χ2v) is 6.94. The third-order valence-corrected chi connectivity index (χ3v) is 5.36. The Morgan fingerprint density at radius 2 is 1.86 bits per heavy atom. The molecule has 0 amide bonds. The van der Waals surface area contributed by atoms with Crippen LogP contribution in [0.15, 0.2) is 24.3 Å². The molecule has 2 unspecified atom stereocenters. The van der Waals surface area contributed by atoms with Gasteiger partial charge in [0.15, 0.2) is 0 Å². The predicted octanol–water partition coefficient (Wildman–Crippen LogP) is 2.82. The molecule has 3 nitrogen and oxygen atoms in total. The van der Waals surface area contributed by atoms with Crippen molar-refractivity contribution < 1.29 is 0 Å². The van der Waals surface area contributed by atoms with Crippen LogP contribution in [0.5, 0.6) is 0 Å². The average Bonchev–Trinajstić information content (AvgIpc) is 3.07. The number of likely N-dealkylation sites (tertiary alicyclic amines) is 1. The zero-order chi connectivity index (χ0) is 15.4. The van der Waals surface area contributed by atoms with Crippen molar-refractivity contribution in [1.82, 2.24) is 15.1 Å². The van der Waals surface area contributed by atoms with Gasteiger partial charge in [-0.3, -0.25) is 4.90 Å². The molecule has 22 heavy (non-hydrogen) atoms. The third kappa shape index (κ3) is 3.70. The van der Waals surface area contributed by atoms with E-state index in [1.165, 1.54) is 56.6 Å². The van der Waals surface area contributed by atoms with Gasteiger partial charge in [-0.1, -0.05) is 36.8 Å². The van der Waals surface area contributed by atoms with E-state index in [-0.39, 0.29) is 0 Å². The summed E-state index contributed by atoms with van der Waals surface area (Å²) in [6, 6.07) is 10.5. The molecule has 2 aliphatic heterocycles. The standard InChI is InChI=1S/C19H31N3/c1-3-18-14-20-10-13-22(18)19(15-21-11-4-5-12-21)17-8-6-16(2)7-9-17/h6-9,18-20H,3-5,10-15H2,1-2H3. The summed E-state index contributed by atoms with van der Waals surface area (Å²) < 4.78 is 0. The fourth-order valence-corrected chi connectivity index (χ4v) is 3.97. The molecule has 1 aromatic carbocycles. The molecule has 3 rings (SSSR count). The van der Waals surface area contributed by atoms with E-state index in [1.54, 1.807) is 0 Å². The summed E-state index contributed by atoms with van der Waals surface area (Å²) >= 11 is 0. The zero-order valence-corrected chi connectivity index (χ0v) is 14.2. The second kappa shape index (κ2) is 7.58. The van der Waals surface area contributed by atoms with Gasteiger partial charge < -0.3 is 10.2 Å². The number of hydrogen-bond acceptors (Lipinski definition) is 3. The molecule has 0 radical (unpaired) electrons. The average molecular weight is 301 g/mol. The van der Waals surface area contributed by atoms with Gasteiger partial charge in [0.2, 0.25) is 0 Å². The Labute approximate surface area is 135 Å². The third-order valence-electron chi connectivity index (χ3n) is 5.36. The van der Waals surface area contributed by atoms with Crippen molar-refractivity contribution in [3.8, 4) is 0 Å². The molecule has 0 aromatic heterocycles.